The fraction of sp³-hybridized carbons (Fsp3) is 0.179. The molecule has 0 amide bonds. The first-order valence-electron chi connectivity index (χ1n) is 10.7. The Balaban J connectivity index is 1.62. The summed E-state index contributed by atoms with van der Waals surface area (Å²) in [5.74, 6) is -1.53. The molecule has 0 spiro atoms. The van der Waals surface area contributed by atoms with Crippen LogP contribution in [0.2, 0.25) is 0 Å². The average Bonchev–Trinajstić information content (AvgIpc) is 2.79. The number of hydrogen-bond acceptors (Lipinski definition) is 1. The Morgan fingerprint density at radius 1 is 0.750 bits per heavy atom. The summed E-state index contributed by atoms with van der Waals surface area (Å²) < 4.78 is 44.4. The van der Waals surface area contributed by atoms with E-state index < -0.39 is 11.6 Å². The molecule has 0 aliphatic carbocycles. The molecule has 4 heteroatoms. The lowest BCUT2D eigenvalue weighted by Crippen LogP contribution is -1.97. The molecular weight excluding hydrogens is 407 g/mol. The van der Waals surface area contributed by atoms with Gasteiger partial charge < -0.3 is 0 Å². The van der Waals surface area contributed by atoms with Crippen LogP contribution in [0.4, 0.5) is 13.2 Å². The lowest BCUT2D eigenvalue weighted by Gasteiger charge is -2.11. The third-order valence-electron chi connectivity index (χ3n) is 5.73. The second-order valence-electron chi connectivity index (χ2n) is 7.97. The molecule has 0 heterocycles. The molecule has 0 aliphatic heterocycles. The second kappa shape index (κ2) is 9.28. The van der Waals surface area contributed by atoms with E-state index in [0.29, 0.717) is 52.3 Å². The van der Waals surface area contributed by atoms with Crippen LogP contribution in [0.25, 0.3) is 21.9 Å². The molecule has 4 rings (SSSR count). The zero-order valence-corrected chi connectivity index (χ0v) is 17.8. The maximum atomic E-state index is 15.1. The standard InChI is InChI=1S/C28H22F3N/c1-2-3-20-14-25(29)27(26(30)15-20)23-12-13-24-22(16-23)11-10-21(28(24)31)9-8-18-4-6-19(17-32)7-5-18/h4-7,10-16H,2-3,8-9H2,1H3. The molecule has 0 aromatic heterocycles. The molecule has 0 aliphatic rings. The molecule has 4 aromatic carbocycles. The van der Waals surface area contributed by atoms with E-state index in [0.717, 1.165) is 12.0 Å². The van der Waals surface area contributed by atoms with Gasteiger partial charge in [-0.25, -0.2) is 13.2 Å². The number of aryl methyl sites for hydroxylation is 3. The zero-order valence-electron chi connectivity index (χ0n) is 17.8. The van der Waals surface area contributed by atoms with Gasteiger partial charge in [0.1, 0.15) is 17.5 Å². The van der Waals surface area contributed by atoms with E-state index in [4.69, 9.17) is 5.26 Å². The molecule has 0 unspecified atom stereocenters. The van der Waals surface area contributed by atoms with Crippen LogP contribution in [0.5, 0.6) is 0 Å². The number of rotatable bonds is 6. The van der Waals surface area contributed by atoms with Crippen LogP contribution in [0.15, 0.2) is 66.7 Å². The number of benzene rings is 4. The van der Waals surface area contributed by atoms with Gasteiger partial charge in [-0.1, -0.05) is 49.7 Å². The molecule has 0 N–H and O–H groups in total. The third kappa shape index (κ3) is 4.38. The Bertz CT molecular complexity index is 1290. The van der Waals surface area contributed by atoms with E-state index >= 15 is 4.39 Å². The normalized spacial score (nSPS) is 11.0. The Morgan fingerprint density at radius 3 is 2.12 bits per heavy atom. The molecule has 0 saturated carbocycles. The highest BCUT2D eigenvalue weighted by atomic mass is 19.1. The SMILES string of the molecule is CCCc1cc(F)c(-c2ccc3c(F)c(CCc4ccc(C#N)cc4)ccc3c2)c(F)c1. The van der Waals surface area contributed by atoms with Gasteiger partial charge in [-0.3, -0.25) is 0 Å². The first-order valence-corrected chi connectivity index (χ1v) is 10.7. The van der Waals surface area contributed by atoms with Gasteiger partial charge in [0.25, 0.3) is 0 Å². The summed E-state index contributed by atoms with van der Waals surface area (Å²) in [5.41, 5.74) is 3.13. The van der Waals surface area contributed by atoms with E-state index in [1.165, 1.54) is 12.1 Å². The molecule has 0 radical (unpaired) electrons. The van der Waals surface area contributed by atoms with Gasteiger partial charge in [-0.05, 0) is 77.2 Å². The molecule has 160 valence electrons. The third-order valence-corrected chi connectivity index (χ3v) is 5.73. The minimum atomic E-state index is -0.604. The predicted molar refractivity (Wildman–Crippen MR) is 122 cm³/mol. The maximum Gasteiger partial charge on any atom is 0.134 e. The van der Waals surface area contributed by atoms with Crippen molar-refractivity contribution in [2.75, 3.05) is 0 Å². The lowest BCUT2D eigenvalue weighted by molar-refractivity contribution is 0.585. The molecule has 1 nitrogen and oxygen atoms in total. The monoisotopic (exact) mass is 429 g/mol. The summed E-state index contributed by atoms with van der Waals surface area (Å²) in [6.45, 7) is 1.96. The van der Waals surface area contributed by atoms with Crippen LogP contribution in [-0.4, -0.2) is 0 Å². The summed E-state index contributed by atoms with van der Waals surface area (Å²) in [7, 11) is 0. The number of hydrogen-bond donors (Lipinski definition) is 0. The first-order chi connectivity index (χ1) is 15.5. The highest BCUT2D eigenvalue weighted by Gasteiger charge is 2.15. The van der Waals surface area contributed by atoms with E-state index in [2.05, 4.69) is 6.07 Å². The Morgan fingerprint density at radius 2 is 1.47 bits per heavy atom. The first kappa shape index (κ1) is 21.6. The van der Waals surface area contributed by atoms with Crippen molar-refractivity contribution in [2.45, 2.75) is 32.6 Å². The minimum Gasteiger partial charge on any atom is -0.206 e. The summed E-state index contributed by atoms with van der Waals surface area (Å²) in [6, 6.07) is 20.4. The van der Waals surface area contributed by atoms with Gasteiger partial charge in [0.05, 0.1) is 17.2 Å². The fourth-order valence-corrected chi connectivity index (χ4v) is 4.04. The van der Waals surface area contributed by atoms with Crippen LogP contribution in [-0.2, 0) is 19.3 Å². The predicted octanol–water partition coefficient (Wildman–Crippen LogP) is 7.53. The van der Waals surface area contributed by atoms with Crippen molar-refractivity contribution in [3.8, 4) is 17.2 Å². The number of fused-ring (bicyclic) bond motifs is 1. The smallest absolute Gasteiger partial charge is 0.134 e. The molecule has 32 heavy (non-hydrogen) atoms. The van der Waals surface area contributed by atoms with Crippen molar-refractivity contribution in [1.29, 1.82) is 5.26 Å². The molecule has 4 aromatic rings. The van der Waals surface area contributed by atoms with Crippen molar-refractivity contribution in [3.05, 3.63) is 106 Å². The summed E-state index contributed by atoms with van der Waals surface area (Å²) in [6.07, 6.45) is 2.58. The van der Waals surface area contributed by atoms with Crippen molar-refractivity contribution in [1.82, 2.24) is 0 Å². The molecule has 0 fully saturated rings. The molecular formula is C28H22F3N. The van der Waals surface area contributed by atoms with Crippen molar-refractivity contribution < 1.29 is 13.2 Å². The van der Waals surface area contributed by atoms with E-state index in [9.17, 15) is 8.78 Å². The second-order valence-corrected chi connectivity index (χ2v) is 7.97. The van der Waals surface area contributed by atoms with Crippen molar-refractivity contribution in [2.24, 2.45) is 0 Å². The van der Waals surface area contributed by atoms with Crippen LogP contribution in [0.1, 0.15) is 35.6 Å². The van der Waals surface area contributed by atoms with Gasteiger partial charge in [0.2, 0.25) is 0 Å². The Hall–Kier alpha value is -3.58. The van der Waals surface area contributed by atoms with Crippen LogP contribution >= 0.6 is 0 Å². The zero-order chi connectivity index (χ0) is 22.7. The maximum absolute atomic E-state index is 15.1. The highest BCUT2D eigenvalue weighted by Crippen LogP contribution is 2.32. The van der Waals surface area contributed by atoms with Crippen LogP contribution in [0, 0.1) is 28.8 Å². The van der Waals surface area contributed by atoms with E-state index in [1.54, 1.807) is 42.5 Å². The van der Waals surface area contributed by atoms with Crippen LogP contribution in [0.3, 0.4) is 0 Å². The van der Waals surface area contributed by atoms with Gasteiger partial charge in [0, 0.05) is 5.39 Å². The molecule has 0 atom stereocenters. The Kier molecular flexibility index (Phi) is 6.28. The fourth-order valence-electron chi connectivity index (χ4n) is 4.04. The van der Waals surface area contributed by atoms with E-state index in [1.807, 2.05) is 19.1 Å². The molecule has 0 saturated heterocycles. The topological polar surface area (TPSA) is 23.8 Å². The number of halogens is 3. The van der Waals surface area contributed by atoms with Gasteiger partial charge in [-0.2, -0.15) is 5.26 Å². The largest absolute Gasteiger partial charge is 0.206 e. The van der Waals surface area contributed by atoms with Gasteiger partial charge in [-0.15, -0.1) is 0 Å². The van der Waals surface area contributed by atoms with Gasteiger partial charge in [0.15, 0.2) is 0 Å². The van der Waals surface area contributed by atoms with Crippen molar-refractivity contribution in [3.63, 3.8) is 0 Å². The number of nitrogens with zero attached hydrogens (tertiary/aromatic N) is 1. The quantitative estimate of drug-likeness (QED) is 0.311. The average molecular weight is 429 g/mol. The summed E-state index contributed by atoms with van der Waals surface area (Å²) >= 11 is 0. The Labute approximate surface area is 185 Å². The number of nitriles is 1. The van der Waals surface area contributed by atoms with Gasteiger partial charge >= 0.3 is 0 Å². The highest BCUT2D eigenvalue weighted by molar-refractivity contribution is 5.88. The minimum absolute atomic E-state index is 0.0861. The van der Waals surface area contributed by atoms with Crippen LogP contribution < -0.4 is 0 Å². The van der Waals surface area contributed by atoms with E-state index in [-0.39, 0.29) is 11.4 Å². The van der Waals surface area contributed by atoms with Crippen molar-refractivity contribution >= 4 is 10.8 Å². The summed E-state index contributed by atoms with van der Waals surface area (Å²) in [5, 5.41) is 9.91. The molecule has 0 bridgehead atoms. The summed E-state index contributed by atoms with van der Waals surface area (Å²) in [4.78, 5) is 0. The lowest BCUT2D eigenvalue weighted by atomic mass is 9.95.